The van der Waals surface area contributed by atoms with Gasteiger partial charge in [-0.3, -0.25) is 10.1 Å². The van der Waals surface area contributed by atoms with Crippen molar-refractivity contribution in [3.63, 3.8) is 0 Å². The van der Waals surface area contributed by atoms with Crippen LogP contribution in [0.5, 0.6) is 5.75 Å². The number of amides is 1. The Morgan fingerprint density at radius 3 is 2.62 bits per heavy atom. The number of oxazole rings is 1. The summed E-state index contributed by atoms with van der Waals surface area (Å²) in [6.07, 6.45) is 0. The number of fused-ring (bicyclic) bond motifs is 1. The van der Waals surface area contributed by atoms with Gasteiger partial charge in [0.05, 0.1) is 12.7 Å². The summed E-state index contributed by atoms with van der Waals surface area (Å²) < 4.78 is 25.0. The molecule has 0 aliphatic carbocycles. The number of aromatic nitrogens is 1. The van der Waals surface area contributed by atoms with Crippen molar-refractivity contribution in [1.82, 2.24) is 10.3 Å². The highest BCUT2D eigenvalue weighted by molar-refractivity contribution is 9.10. The van der Waals surface area contributed by atoms with Gasteiger partial charge in [0.25, 0.3) is 5.91 Å². The van der Waals surface area contributed by atoms with E-state index in [0.717, 1.165) is 10.0 Å². The van der Waals surface area contributed by atoms with Gasteiger partial charge in [-0.15, -0.1) is 0 Å². The molecule has 0 saturated carbocycles. The third-order valence-electron chi connectivity index (χ3n) is 4.65. The second kappa shape index (κ2) is 9.05. The number of aryl methyl sites for hydroxylation is 1. The van der Waals surface area contributed by atoms with Crippen LogP contribution in [0, 0.1) is 12.7 Å². The average Bonchev–Trinajstić information content (AvgIpc) is 3.17. The van der Waals surface area contributed by atoms with Crippen LogP contribution in [-0.2, 0) is 0 Å². The van der Waals surface area contributed by atoms with Crippen LogP contribution in [0.4, 0.5) is 10.1 Å². The van der Waals surface area contributed by atoms with E-state index in [1.807, 2.05) is 13.0 Å². The van der Waals surface area contributed by atoms with E-state index in [1.165, 1.54) is 19.2 Å². The Kier molecular flexibility index (Phi) is 6.20. The molecule has 162 valence electrons. The molecule has 0 unspecified atom stereocenters. The second-order valence-electron chi connectivity index (χ2n) is 6.92. The average molecular weight is 514 g/mol. The van der Waals surface area contributed by atoms with Gasteiger partial charge in [-0.25, -0.2) is 9.37 Å². The van der Waals surface area contributed by atoms with Gasteiger partial charge in [0, 0.05) is 15.7 Å². The van der Waals surface area contributed by atoms with Crippen LogP contribution in [-0.4, -0.2) is 23.1 Å². The fourth-order valence-corrected chi connectivity index (χ4v) is 4.01. The SMILES string of the molecule is COc1c(C)cc(Br)cc1C(=O)NC(=S)Nc1ccc2oc(-c3ccc(F)cc3)nc2c1. The highest BCUT2D eigenvalue weighted by Gasteiger charge is 2.17. The van der Waals surface area contributed by atoms with Crippen LogP contribution in [0.1, 0.15) is 15.9 Å². The number of methoxy groups -OCH3 is 1. The van der Waals surface area contributed by atoms with Gasteiger partial charge in [0.15, 0.2) is 10.7 Å². The first-order valence-corrected chi connectivity index (χ1v) is 10.7. The number of rotatable bonds is 4. The zero-order valence-electron chi connectivity index (χ0n) is 17.0. The van der Waals surface area contributed by atoms with E-state index in [9.17, 15) is 9.18 Å². The predicted molar refractivity (Wildman–Crippen MR) is 129 cm³/mol. The first-order valence-electron chi connectivity index (χ1n) is 9.47. The number of nitrogens with one attached hydrogen (secondary N) is 2. The molecule has 0 fully saturated rings. The molecule has 1 amide bonds. The molecule has 2 N–H and O–H groups in total. The lowest BCUT2D eigenvalue weighted by atomic mass is 10.1. The van der Waals surface area contributed by atoms with Gasteiger partial charge in [0.2, 0.25) is 5.89 Å². The molecular formula is C23H17BrFN3O3S. The third kappa shape index (κ3) is 4.63. The van der Waals surface area contributed by atoms with Crippen molar-refractivity contribution in [3.8, 4) is 17.2 Å². The highest BCUT2D eigenvalue weighted by atomic mass is 79.9. The maximum Gasteiger partial charge on any atom is 0.261 e. The minimum Gasteiger partial charge on any atom is -0.496 e. The van der Waals surface area contributed by atoms with Crippen LogP contribution in [0.15, 0.2) is 63.5 Å². The summed E-state index contributed by atoms with van der Waals surface area (Å²) in [5, 5.41) is 5.75. The number of thiocarbonyl (C=S) groups is 1. The summed E-state index contributed by atoms with van der Waals surface area (Å²) in [6.45, 7) is 1.85. The summed E-state index contributed by atoms with van der Waals surface area (Å²) >= 11 is 8.69. The minimum atomic E-state index is -0.398. The number of anilines is 1. The number of hydrogen-bond donors (Lipinski definition) is 2. The highest BCUT2D eigenvalue weighted by Crippen LogP contribution is 2.28. The fourth-order valence-electron chi connectivity index (χ4n) is 3.22. The molecule has 0 bridgehead atoms. The number of nitrogens with zero attached hydrogens (tertiary/aromatic N) is 1. The molecule has 0 aliphatic rings. The van der Waals surface area contributed by atoms with E-state index in [2.05, 4.69) is 31.5 Å². The van der Waals surface area contributed by atoms with E-state index >= 15 is 0 Å². The maximum absolute atomic E-state index is 13.2. The number of benzene rings is 3. The Balaban J connectivity index is 1.50. The summed E-state index contributed by atoms with van der Waals surface area (Å²) in [5.74, 6) is 0.128. The van der Waals surface area contributed by atoms with E-state index in [1.54, 1.807) is 36.4 Å². The molecule has 6 nitrogen and oxygen atoms in total. The van der Waals surface area contributed by atoms with Crippen molar-refractivity contribution >= 4 is 56.0 Å². The zero-order valence-corrected chi connectivity index (χ0v) is 19.4. The summed E-state index contributed by atoms with van der Waals surface area (Å²) in [5.41, 5.74) is 3.63. The molecule has 1 heterocycles. The molecule has 1 aromatic heterocycles. The van der Waals surface area contributed by atoms with Crippen LogP contribution in [0.2, 0.25) is 0 Å². The first-order chi connectivity index (χ1) is 15.3. The largest absolute Gasteiger partial charge is 0.496 e. The Morgan fingerprint density at radius 2 is 1.91 bits per heavy atom. The first kappa shape index (κ1) is 21.9. The summed E-state index contributed by atoms with van der Waals surface area (Å²) in [7, 11) is 1.51. The molecule has 0 aliphatic heterocycles. The number of ether oxygens (including phenoxy) is 1. The fraction of sp³-hybridized carbons (Fsp3) is 0.0870. The normalized spacial score (nSPS) is 10.8. The molecule has 9 heteroatoms. The quantitative estimate of drug-likeness (QED) is 0.334. The van der Waals surface area contributed by atoms with Gasteiger partial charge in [0.1, 0.15) is 17.1 Å². The molecule has 0 saturated heterocycles. The summed E-state index contributed by atoms with van der Waals surface area (Å²) in [6, 6.07) is 14.7. The molecular weight excluding hydrogens is 497 g/mol. The molecule has 0 spiro atoms. The van der Waals surface area contributed by atoms with Gasteiger partial charge in [-0.2, -0.15) is 0 Å². The predicted octanol–water partition coefficient (Wildman–Crippen LogP) is 5.84. The zero-order chi connectivity index (χ0) is 22.8. The second-order valence-corrected chi connectivity index (χ2v) is 8.24. The maximum atomic E-state index is 13.2. The van der Waals surface area contributed by atoms with Crippen molar-refractivity contribution in [1.29, 1.82) is 0 Å². The van der Waals surface area contributed by atoms with Crippen molar-refractivity contribution < 1.29 is 18.3 Å². The van der Waals surface area contributed by atoms with Crippen LogP contribution in [0.25, 0.3) is 22.6 Å². The van der Waals surface area contributed by atoms with Crippen molar-refractivity contribution in [2.75, 3.05) is 12.4 Å². The Hall–Kier alpha value is -3.30. The van der Waals surface area contributed by atoms with Crippen molar-refractivity contribution in [2.24, 2.45) is 0 Å². The van der Waals surface area contributed by atoms with Crippen molar-refractivity contribution in [3.05, 3.63) is 76.0 Å². The lowest BCUT2D eigenvalue weighted by molar-refractivity contribution is 0.0974. The van der Waals surface area contributed by atoms with Crippen LogP contribution < -0.4 is 15.4 Å². The van der Waals surface area contributed by atoms with E-state index in [-0.39, 0.29) is 10.9 Å². The van der Waals surface area contributed by atoms with E-state index in [0.29, 0.717) is 39.6 Å². The molecule has 4 rings (SSSR count). The molecule has 0 atom stereocenters. The molecule has 3 aromatic carbocycles. The number of carbonyl (C=O) groups is 1. The monoisotopic (exact) mass is 513 g/mol. The van der Waals surface area contributed by atoms with E-state index in [4.69, 9.17) is 21.4 Å². The Morgan fingerprint density at radius 1 is 1.16 bits per heavy atom. The Bertz CT molecular complexity index is 1340. The lowest BCUT2D eigenvalue weighted by Gasteiger charge is -2.13. The standard InChI is InChI=1S/C23H17BrFN3O3S/c1-12-9-14(24)10-17(20(12)30-2)21(29)28-23(32)26-16-7-8-19-18(11-16)27-22(31-19)13-3-5-15(25)6-4-13/h3-11H,1-2H3,(H2,26,28,29,32). The topological polar surface area (TPSA) is 76.4 Å². The minimum absolute atomic E-state index is 0.122. The summed E-state index contributed by atoms with van der Waals surface area (Å²) in [4.78, 5) is 17.2. The number of halogens is 2. The molecule has 0 radical (unpaired) electrons. The third-order valence-corrected chi connectivity index (χ3v) is 5.31. The van der Waals surface area contributed by atoms with Crippen LogP contribution >= 0.6 is 28.1 Å². The number of hydrogen-bond acceptors (Lipinski definition) is 5. The number of carbonyl (C=O) groups excluding carboxylic acids is 1. The van der Waals surface area contributed by atoms with Gasteiger partial charge in [-0.1, -0.05) is 15.9 Å². The van der Waals surface area contributed by atoms with Crippen molar-refractivity contribution in [2.45, 2.75) is 6.92 Å². The van der Waals surface area contributed by atoms with Gasteiger partial charge >= 0.3 is 0 Å². The van der Waals surface area contributed by atoms with Crippen LogP contribution in [0.3, 0.4) is 0 Å². The Labute approximate surface area is 196 Å². The van der Waals surface area contributed by atoms with E-state index < -0.39 is 5.91 Å². The lowest BCUT2D eigenvalue weighted by Crippen LogP contribution is -2.34. The molecule has 4 aromatic rings. The van der Waals surface area contributed by atoms with Gasteiger partial charge in [-0.05, 0) is 79.3 Å². The smallest absolute Gasteiger partial charge is 0.261 e. The molecule has 32 heavy (non-hydrogen) atoms. The van der Waals surface area contributed by atoms with Gasteiger partial charge < -0.3 is 14.5 Å².